The molecule has 2 heterocycles. The molecule has 1 aromatic rings. The molecule has 26 heavy (non-hydrogen) atoms. The Morgan fingerprint density at radius 1 is 0.885 bits per heavy atom. The molecule has 2 atom stereocenters. The lowest BCUT2D eigenvalue weighted by molar-refractivity contribution is -0.157. The third-order valence-electron chi connectivity index (χ3n) is 6.27. The highest BCUT2D eigenvalue weighted by molar-refractivity contribution is 5.70. The predicted octanol–water partition coefficient (Wildman–Crippen LogP) is 4.96. The first kappa shape index (κ1) is 17.8. The molecule has 0 N–H and O–H groups in total. The second-order valence-corrected chi connectivity index (χ2v) is 8.23. The molecular weight excluding hydrogens is 328 g/mol. The Kier molecular flexibility index (Phi) is 5.49. The minimum atomic E-state index is -0.116. The number of hydrogen-bond donors (Lipinski definition) is 0. The molecule has 0 aromatic heterocycles. The summed E-state index contributed by atoms with van der Waals surface area (Å²) in [6, 6.07) is 8.28. The van der Waals surface area contributed by atoms with Crippen LogP contribution in [0.1, 0.15) is 75.9 Å². The SMILES string of the molecule is O=C1C[C@H]2CC3(CCCCC3)C[C@H](O2)c2ccccc2OCCCCO1. The van der Waals surface area contributed by atoms with E-state index in [1.54, 1.807) is 0 Å². The van der Waals surface area contributed by atoms with Gasteiger partial charge in [0.1, 0.15) is 5.75 Å². The zero-order chi connectivity index (χ0) is 17.8. The highest BCUT2D eigenvalue weighted by atomic mass is 16.5. The van der Waals surface area contributed by atoms with E-state index >= 15 is 0 Å². The molecule has 1 aromatic carbocycles. The van der Waals surface area contributed by atoms with Crippen molar-refractivity contribution in [2.45, 2.75) is 76.4 Å². The van der Waals surface area contributed by atoms with E-state index < -0.39 is 0 Å². The average Bonchev–Trinajstić information content (AvgIpc) is 2.65. The van der Waals surface area contributed by atoms with Gasteiger partial charge in [-0.1, -0.05) is 37.5 Å². The van der Waals surface area contributed by atoms with Crippen molar-refractivity contribution in [3.05, 3.63) is 29.8 Å². The number of carbonyl (C=O) groups is 1. The van der Waals surface area contributed by atoms with Crippen molar-refractivity contribution >= 4 is 5.97 Å². The molecule has 0 amide bonds. The maximum atomic E-state index is 12.3. The van der Waals surface area contributed by atoms with Crippen molar-refractivity contribution in [1.29, 1.82) is 0 Å². The zero-order valence-corrected chi connectivity index (χ0v) is 15.6. The van der Waals surface area contributed by atoms with Crippen LogP contribution in [-0.2, 0) is 14.3 Å². The summed E-state index contributed by atoms with van der Waals surface area (Å²) in [6.07, 6.45) is 10.5. The molecule has 1 saturated heterocycles. The first-order chi connectivity index (χ1) is 12.7. The van der Waals surface area contributed by atoms with Crippen LogP contribution in [-0.4, -0.2) is 25.3 Å². The van der Waals surface area contributed by atoms with Crippen LogP contribution in [0.15, 0.2) is 24.3 Å². The van der Waals surface area contributed by atoms with Crippen LogP contribution in [0.4, 0.5) is 0 Å². The number of ether oxygens (including phenoxy) is 3. The second kappa shape index (κ2) is 7.99. The Bertz CT molecular complexity index is 620. The van der Waals surface area contributed by atoms with Crippen LogP contribution >= 0.6 is 0 Å². The lowest BCUT2D eigenvalue weighted by Gasteiger charge is -2.47. The molecule has 0 unspecified atom stereocenters. The topological polar surface area (TPSA) is 44.8 Å². The molecule has 142 valence electrons. The van der Waals surface area contributed by atoms with Gasteiger partial charge in [0.25, 0.3) is 0 Å². The van der Waals surface area contributed by atoms with Crippen molar-refractivity contribution in [1.82, 2.24) is 0 Å². The molecular formula is C22H30O4. The van der Waals surface area contributed by atoms with E-state index in [9.17, 15) is 4.79 Å². The predicted molar refractivity (Wildman–Crippen MR) is 99.1 cm³/mol. The highest BCUT2D eigenvalue weighted by Gasteiger charge is 2.43. The first-order valence-electron chi connectivity index (χ1n) is 10.3. The van der Waals surface area contributed by atoms with Crippen LogP contribution in [0, 0.1) is 5.41 Å². The lowest BCUT2D eigenvalue weighted by Crippen LogP contribution is -2.39. The number of esters is 1. The van der Waals surface area contributed by atoms with Crippen molar-refractivity contribution in [3.63, 3.8) is 0 Å². The van der Waals surface area contributed by atoms with E-state index in [-0.39, 0.29) is 18.2 Å². The van der Waals surface area contributed by atoms with Crippen LogP contribution in [0.5, 0.6) is 5.75 Å². The van der Waals surface area contributed by atoms with E-state index in [2.05, 4.69) is 18.2 Å². The monoisotopic (exact) mass is 358 g/mol. The van der Waals surface area contributed by atoms with Gasteiger partial charge >= 0.3 is 5.97 Å². The van der Waals surface area contributed by atoms with Gasteiger partial charge in [0.05, 0.1) is 31.8 Å². The number of para-hydroxylation sites is 1. The fourth-order valence-corrected chi connectivity index (χ4v) is 5.00. The number of carbonyl (C=O) groups excluding carboxylic acids is 1. The van der Waals surface area contributed by atoms with Gasteiger partial charge in [-0.05, 0) is 50.0 Å². The van der Waals surface area contributed by atoms with Crippen LogP contribution < -0.4 is 4.74 Å². The van der Waals surface area contributed by atoms with Gasteiger partial charge in [-0.3, -0.25) is 4.79 Å². The first-order valence-corrected chi connectivity index (χ1v) is 10.3. The van der Waals surface area contributed by atoms with E-state index in [0.717, 1.165) is 37.0 Å². The lowest BCUT2D eigenvalue weighted by atomic mass is 9.65. The van der Waals surface area contributed by atoms with Gasteiger partial charge in [-0.25, -0.2) is 0 Å². The zero-order valence-electron chi connectivity index (χ0n) is 15.6. The molecule has 2 aliphatic heterocycles. The number of hydrogen-bond acceptors (Lipinski definition) is 4. The van der Waals surface area contributed by atoms with Crippen molar-refractivity contribution in [3.8, 4) is 5.75 Å². The number of benzene rings is 1. The number of fused-ring (bicyclic) bond motifs is 4. The summed E-state index contributed by atoms with van der Waals surface area (Å²) in [5.41, 5.74) is 1.45. The molecule has 1 aliphatic carbocycles. The van der Waals surface area contributed by atoms with Crippen molar-refractivity contribution in [2.24, 2.45) is 5.41 Å². The van der Waals surface area contributed by atoms with Gasteiger partial charge in [0, 0.05) is 5.56 Å². The van der Waals surface area contributed by atoms with E-state index in [1.165, 1.54) is 32.1 Å². The van der Waals surface area contributed by atoms with E-state index in [1.807, 2.05) is 6.07 Å². The minimum Gasteiger partial charge on any atom is -0.493 e. The maximum absolute atomic E-state index is 12.3. The Hall–Kier alpha value is -1.55. The fraction of sp³-hybridized carbons (Fsp3) is 0.682. The van der Waals surface area contributed by atoms with Crippen LogP contribution in [0.25, 0.3) is 0 Å². The smallest absolute Gasteiger partial charge is 0.308 e. The normalized spacial score (nSPS) is 29.3. The molecule has 4 rings (SSSR count). The third kappa shape index (κ3) is 4.06. The highest BCUT2D eigenvalue weighted by Crippen LogP contribution is 2.52. The summed E-state index contributed by atoms with van der Waals surface area (Å²) in [5, 5.41) is 0. The van der Waals surface area contributed by atoms with Gasteiger partial charge in [0.2, 0.25) is 0 Å². The van der Waals surface area contributed by atoms with Crippen molar-refractivity contribution in [2.75, 3.05) is 13.2 Å². The number of rotatable bonds is 0. The molecule has 0 radical (unpaired) electrons. The summed E-state index contributed by atoms with van der Waals surface area (Å²) in [5.74, 6) is 0.825. The standard InChI is InChI=1S/C22H30O4/c23-21-14-17-15-22(10-4-1-5-11-22)16-20(26-17)18-8-2-3-9-19(18)24-12-6-7-13-25-21/h2-3,8-9,17,20H,1,4-7,10-16H2/t17-,20-/m0/s1. The molecule has 4 nitrogen and oxygen atoms in total. The minimum absolute atomic E-state index is 0.0107. The maximum Gasteiger partial charge on any atom is 0.308 e. The van der Waals surface area contributed by atoms with Gasteiger partial charge in [-0.2, -0.15) is 0 Å². The molecule has 2 bridgehead atoms. The van der Waals surface area contributed by atoms with Gasteiger partial charge < -0.3 is 14.2 Å². The average molecular weight is 358 g/mol. The third-order valence-corrected chi connectivity index (χ3v) is 6.27. The van der Waals surface area contributed by atoms with E-state index in [0.29, 0.717) is 25.0 Å². The quantitative estimate of drug-likeness (QED) is 0.615. The molecule has 2 fully saturated rings. The Labute approximate surface area is 156 Å². The fourth-order valence-electron chi connectivity index (χ4n) is 5.00. The second-order valence-electron chi connectivity index (χ2n) is 8.23. The molecule has 4 heteroatoms. The van der Waals surface area contributed by atoms with E-state index in [4.69, 9.17) is 14.2 Å². The van der Waals surface area contributed by atoms with Gasteiger partial charge in [-0.15, -0.1) is 0 Å². The Morgan fingerprint density at radius 3 is 2.50 bits per heavy atom. The molecule has 3 aliphatic rings. The van der Waals surface area contributed by atoms with Gasteiger partial charge in [0.15, 0.2) is 0 Å². The summed E-state index contributed by atoms with van der Waals surface area (Å²) < 4.78 is 17.9. The molecule has 1 saturated carbocycles. The van der Waals surface area contributed by atoms with Crippen LogP contribution in [0.2, 0.25) is 0 Å². The summed E-state index contributed by atoms with van der Waals surface area (Å²) >= 11 is 0. The summed E-state index contributed by atoms with van der Waals surface area (Å²) in [6.45, 7) is 1.13. The Morgan fingerprint density at radius 2 is 1.65 bits per heavy atom. The van der Waals surface area contributed by atoms with Crippen molar-refractivity contribution < 1.29 is 19.0 Å². The Balaban J connectivity index is 1.64. The van der Waals surface area contributed by atoms with Crippen LogP contribution in [0.3, 0.4) is 0 Å². The summed E-state index contributed by atoms with van der Waals surface area (Å²) in [4.78, 5) is 12.3. The molecule has 1 spiro atoms. The summed E-state index contributed by atoms with van der Waals surface area (Å²) in [7, 11) is 0. The largest absolute Gasteiger partial charge is 0.493 e. The number of cyclic esters (lactones) is 1.